The summed E-state index contributed by atoms with van der Waals surface area (Å²) < 4.78 is 31.5. The van der Waals surface area contributed by atoms with E-state index in [2.05, 4.69) is 5.32 Å². The number of sulfonamides is 1. The topological polar surface area (TPSA) is 96.0 Å². The van der Waals surface area contributed by atoms with E-state index in [1.165, 1.54) is 37.2 Å². The summed E-state index contributed by atoms with van der Waals surface area (Å²) in [6.45, 7) is 7.87. The molecule has 0 aliphatic heterocycles. The van der Waals surface area contributed by atoms with Crippen LogP contribution in [0.1, 0.15) is 43.6 Å². The van der Waals surface area contributed by atoms with Crippen LogP contribution in [0.4, 0.5) is 10.5 Å². The highest BCUT2D eigenvalue weighted by atomic mass is 35.5. The van der Waals surface area contributed by atoms with Crippen molar-refractivity contribution >= 4 is 39.3 Å². The Morgan fingerprint density at radius 3 is 2.30 bits per heavy atom. The highest BCUT2D eigenvalue weighted by molar-refractivity contribution is 7.89. The van der Waals surface area contributed by atoms with E-state index in [0.717, 1.165) is 4.31 Å². The molecule has 2 rings (SSSR count). The number of carbonyl (C=O) groups excluding carboxylic acids is 2. The van der Waals surface area contributed by atoms with Gasteiger partial charge in [-0.2, -0.15) is 0 Å². The predicted molar refractivity (Wildman–Crippen MR) is 129 cm³/mol. The van der Waals surface area contributed by atoms with Gasteiger partial charge >= 0.3 is 6.09 Å². The molecular weight excluding hydrogens is 466 g/mol. The van der Waals surface area contributed by atoms with E-state index in [1.54, 1.807) is 45.0 Å². The summed E-state index contributed by atoms with van der Waals surface area (Å²) in [5, 5.41) is 2.83. The number of ether oxygens (including phenoxy) is 1. The fraction of sp³-hybridized carbons (Fsp3) is 0.391. The van der Waals surface area contributed by atoms with E-state index in [9.17, 15) is 18.0 Å². The summed E-state index contributed by atoms with van der Waals surface area (Å²) in [5.74, 6) is -0.505. The molecule has 0 spiro atoms. The summed E-state index contributed by atoms with van der Waals surface area (Å²) in [6, 6.07) is 11.1. The van der Waals surface area contributed by atoms with Crippen molar-refractivity contribution in [1.82, 2.24) is 9.21 Å². The lowest BCUT2D eigenvalue weighted by Gasteiger charge is -2.27. The molecule has 33 heavy (non-hydrogen) atoms. The maximum Gasteiger partial charge on any atom is 0.410 e. The van der Waals surface area contributed by atoms with Crippen LogP contribution >= 0.6 is 11.6 Å². The van der Waals surface area contributed by atoms with E-state index in [1.807, 2.05) is 6.92 Å². The SMILES string of the molecule is CCN(Cc1ccccc1NC(=O)c1ccc(Cl)c(S(=O)(=O)N(C)C)c1)C(=O)OC(C)(C)C. The number of anilines is 1. The average Bonchev–Trinajstić information content (AvgIpc) is 2.71. The van der Waals surface area contributed by atoms with Crippen molar-refractivity contribution in [2.75, 3.05) is 26.0 Å². The number of para-hydroxylation sites is 1. The first-order chi connectivity index (χ1) is 15.3. The minimum Gasteiger partial charge on any atom is -0.444 e. The van der Waals surface area contributed by atoms with Gasteiger partial charge in [-0.25, -0.2) is 17.5 Å². The van der Waals surface area contributed by atoms with Gasteiger partial charge in [0.05, 0.1) is 11.6 Å². The van der Waals surface area contributed by atoms with Crippen molar-refractivity contribution in [2.24, 2.45) is 0 Å². The van der Waals surface area contributed by atoms with Crippen LogP contribution in [0.15, 0.2) is 47.4 Å². The van der Waals surface area contributed by atoms with Gasteiger partial charge in [0, 0.05) is 31.9 Å². The maximum absolute atomic E-state index is 12.9. The molecule has 2 amide bonds. The van der Waals surface area contributed by atoms with Crippen LogP contribution in [-0.2, 0) is 21.3 Å². The summed E-state index contributed by atoms with van der Waals surface area (Å²) in [4.78, 5) is 26.8. The normalized spacial score (nSPS) is 11.9. The van der Waals surface area contributed by atoms with Crippen molar-refractivity contribution in [3.05, 3.63) is 58.6 Å². The summed E-state index contributed by atoms with van der Waals surface area (Å²) in [6.07, 6.45) is -0.456. The molecule has 0 saturated carbocycles. The zero-order valence-electron chi connectivity index (χ0n) is 19.7. The molecule has 0 bridgehead atoms. The first-order valence-electron chi connectivity index (χ1n) is 10.4. The van der Waals surface area contributed by atoms with Crippen LogP contribution in [-0.4, -0.2) is 55.9 Å². The van der Waals surface area contributed by atoms with Crippen molar-refractivity contribution in [1.29, 1.82) is 0 Å². The number of benzene rings is 2. The number of hydrogen-bond donors (Lipinski definition) is 1. The molecule has 0 aliphatic rings. The first-order valence-corrected chi connectivity index (χ1v) is 12.2. The monoisotopic (exact) mass is 495 g/mol. The fourth-order valence-corrected chi connectivity index (χ4v) is 4.24. The molecule has 2 aromatic rings. The second-order valence-corrected chi connectivity index (χ2v) is 11.1. The van der Waals surface area contributed by atoms with Crippen LogP contribution < -0.4 is 5.32 Å². The van der Waals surface area contributed by atoms with Gasteiger partial charge in [-0.1, -0.05) is 29.8 Å². The lowest BCUT2D eigenvalue weighted by Crippen LogP contribution is -2.36. The molecule has 0 fully saturated rings. The van der Waals surface area contributed by atoms with Crippen molar-refractivity contribution < 1.29 is 22.7 Å². The van der Waals surface area contributed by atoms with Gasteiger partial charge in [-0.05, 0) is 57.5 Å². The zero-order valence-corrected chi connectivity index (χ0v) is 21.2. The van der Waals surface area contributed by atoms with Crippen molar-refractivity contribution in [3.63, 3.8) is 0 Å². The standard InChI is InChI=1S/C23H30ClN3O5S/c1-7-27(22(29)32-23(2,3)4)15-17-10-8-9-11-19(17)25-21(28)16-12-13-18(24)20(14-16)33(30,31)26(5)6/h8-14H,7,15H2,1-6H3,(H,25,28). The van der Waals surface area contributed by atoms with Gasteiger partial charge in [0.15, 0.2) is 0 Å². The lowest BCUT2D eigenvalue weighted by atomic mass is 10.1. The molecule has 0 aliphatic carbocycles. The maximum atomic E-state index is 12.9. The van der Waals surface area contributed by atoms with Crippen LogP contribution in [0.25, 0.3) is 0 Å². The van der Waals surface area contributed by atoms with Gasteiger partial charge in [0.25, 0.3) is 5.91 Å². The summed E-state index contributed by atoms with van der Waals surface area (Å²) in [5.41, 5.74) is 0.705. The van der Waals surface area contributed by atoms with Crippen LogP contribution in [0, 0.1) is 0 Å². The third kappa shape index (κ3) is 6.93. The van der Waals surface area contributed by atoms with Crippen LogP contribution in [0.2, 0.25) is 5.02 Å². The number of carbonyl (C=O) groups is 2. The molecule has 0 atom stereocenters. The van der Waals surface area contributed by atoms with Crippen molar-refractivity contribution in [3.8, 4) is 0 Å². The fourth-order valence-electron chi connectivity index (χ4n) is 2.85. The molecule has 0 aromatic heterocycles. The largest absolute Gasteiger partial charge is 0.444 e. The van der Waals surface area contributed by atoms with E-state index in [4.69, 9.17) is 16.3 Å². The number of halogens is 1. The summed E-state index contributed by atoms with van der Waals surface area (Å²) in [7, 11) is -1.05. The Hall–Kier alpha value is -2.62. The van der Waals surface area contributed by atoms with Gasteiger partial charge < -0.3 is 15.0 Å². The van der Waals surface area contributed by atoms with E-state index in [0.29, 0.717) is 17.8 Å². The molecule has 1 N–H and O–H groups in total. The Balaban J connectivity index is 2.30. The average molecular weight is 496 g/mol. The Morgan fingerprint density at radius 1 is 1.09 bits per heavy atom. The van der Waals surface area contributed by atoms with E-state index < -0.39 is 27.6 Å². The van der Waals surface area contributed by atoms with E-state index in [-0.39, 0.29) is 22.0 Å². The van der Waals surface area contributed by atoms with E-state index >= 15 is 0 Å². The van der Waals surface area contributed by atoms with Gasteiger partial charge in [0.1, 0.15) is 10.5 Å². The number of hydrogen-bond acceptors (Lipinski definition) is 5. The molecule has 0 unspecified atom stereocenters. The molecule has 0 saturated heterocycles. The van der Waals surface area contributed by atoms with Crippen LogP contribution in [0.5, 0.6) is 0 Å². The Bertz CT molecular complexity index is 1130. The molecule has 180 valence electrons. The third-order valence-electron chi connectivity index (χ3n) is 4.61. The molecule has 2 aromatic carbocycles. The molecular formula is C23H30ClN3O5S. The molecule has 8 nitrogen and oxygen atoms in total. The second kappa shape index (κ2) is 10.5. The highest BCUT2D eigenvalue weighted by Crippen LogP contribution is 2.26. The Kier molecular flexibility index (Phi) is 8.51. The van der Waals surface area contributed by atoms with Crippen LogP contribution in [0.3, 0.4) is 0 Å². The molecule has 0 heterocycles. The number of nitrogens with zero attached hydrogens (tertiary/aromatic N) is 2. The highest BCUT2D eigenvalue weighted by Gasteiger charge is 2.24. The van der Waals surface area contributed by atoms with Gasteiger partial charge in [-0.15, -0.1) is 0 Å². The Morgan fingerprint density at radius 2 is 1.73 bits per heavy atom. The number of rotatable bonds is 7. The predicted octanol–water partition coefficient (Wildman–Crippen LogP) is 4.60. The first kappa shape index (κ1) is 26.6. The van der Waals surface area contributed by atoms with Crippen molar-refractivity contribution in [2.45, 2.75) is 44.7 Å². The second-order valence-electron chi connectivity index (χ2n) is 8.54. The molecule has 0 radical (unpaired) electrons. The summed E-state index contributed by atoms with van der Waals surface area (Å²) >= 11 is 6.08. The molecule has 10 heteroatoms. The third-order valence-corrected chi connectivity index (χ3v) is 6.91. The quantitative estimate of drug-likeness (QED) is 0.605. The number of amides is 2. The van der Waals surface area contributed by atoms with Gasteiger partial charge in [0.2, 0.25) is 10.0 Å². The minimum absolute atomic E-state index is 0.0246. The van der Waals surface area contributed by atoms with Gasteiger partial charge in [-0.3, -0.25) is 4.79 Å². The zero-order chi connectivity index (χ0) is 25.0. The number of nitrogens with one attached hydrogen (secondary N) is 1. The lowest BCUT2D eigenvalue weighted by molar-refractivity contribution is 0.0245. The minimum atomic E-state index is -3.83. The Labute approximate surface area is 200 Å². The smallest absolute Gasteiger partial charge is 0.410 e.